The van der Waals surface area contributed by atoms with Crippen LogP contribution in [0.4, 0.5) is 0 Å². The SMILES string of the molecule is CC(C)C1CCCCC1NC(CC#N)c1ccccc1. The van der Waals surface area contributed by atoms with Gasteiger partial charge < -0.3 is 5.32 Å². The Labute approximate surface area is 123 Å². The van der Waals surface area contributed by atoms with Crippen molar-refractivity contribution in [1.29, 1.82) is 5.26 Å². The molecule has 1 saturated carbocycles. The zero-order valence-electron chi connectivity index (χ0n) is 12.7. The van der Waals surface area contributed by atoms with Crippen LogP contribution in [0.15, 0.2) is 30.3 Å². The molecule has 1 aromatic rings. The smallest absolute Gasteiger partial charge is 0.0641 e. The third kappa shape index (κ3) is 3.84. The van der Waals surface area contributed by atoms with E-state index in [1.54, 1.807) is 0 Å². The molecule has 1 N–H and O–H groups in total. The van der Waals surface area contributed by atoms with Gasteiger partial charge >= 0.3 is 0 Å². The third-order valence-corrected chi connectivity index (χ3v) is 4.59. The van der Waals surface area contributed by atoms with Gasteiger partial charge in [-0.05, 0) is 30.2 Å². The fraction of sp³-hybridized carbons (Fsp3) is 0.611. The number of benzene rings is 1. The van der Waals surface area contributed by atoms with E-state index in [0.717, 1.165) is 5.92 Å². The van der Waals surface area contributed by atoms with Gasteiger partial charge in [-0.1, -0.05) is 57.0 Å². The van der Waals surface area contributed by atoms with Crippen LogP contribution in [-0.4, -0.2) is 6.04 Å². The molecule has 108 valence electrons. The highest BCUT2D eigenvalue weighted by atomic mass is 15.0. The van der Waals surface area contributed by atoms with Crippen LogP contribution in [0.25, 0.3) is 0 Å². The van der Waals surface area contributed by atoms with Crippen molar-refractivity contribution in [3.63, 3.8) is 0 Å². The molecule has 0 bridgehead atoms. The number of hydrogen-bond donors (Lipinski definition) is 1. The summed E-state index contributed by atoms with van der Waals surface area (Å²) in [6.45, 7) is 4.65. The van der Waals surface area contributed by atoms with E-state index >= 15 is 0 Å². The van der Waals surface area contributed by atoms with Gasteiger partial charge in [-0.25, -0.2) is 0 Å². The molecule has 3 unspecified atom stereocenters. The van der Waals surface area contributed by atoms with Gasteiger partial charge in [0, 0.05) is 12.1 Å². The molecular weight excluding hydrogens is 244 g/mol. The minimum absolute atomic E-state index is 0.172. The van der Waals surface area contributed by atoms with Crippen LogP contribution >= 0.6 is 0 Å². The Balaban J connectivity index is 2.09. The molecule has 1 aliphatic rings. The number of hydrogen-bond acceptors (Lipinski definition) is 2. The van der Waals surface area contributed by atoms with Crippen molar-refractivity contribution in [1.82, 2.24) is 5.32 Å². The summed E-state index contributed by atoms with van der Waals surface area (Å²) in [5.74, 6) is 1.46. The molecule has 1 fully saturated rings. The van der Waals surface area contributed by atoms with E-state index in [4.69, 9.17) is 5.26 Å². The molecule has 0 heterocycles. The van der Waals surface area contributed by atoms with E-state index in [0.29, 0.717) is 18.4 Å². The molecule has 0 spiro atoms. The van der Waals surface area contributed by atoms with Gasteiger partial charge in [0.25, 0.3) is 0 Å². The second kappa shape index (κ2) is 7.45. The molecule has 0 aliphatic heterocycles. The summed E-state index contributed by atoms with van der Waals surface area (Å²) in [4.78, 5) is 0. The lowest BCUT2D eigenvalue weighted by Crippen LogP contribution is -2.42. The van der Waals surface area contributed by atoms with Crippen LogP contribution in [0.3, 0.4) is 0 Å². The zero-order valence-corrected chi connectivity index (χ0v) is 12.7. The maximum Gasteiger partial charge on any atom is 0.0641 e. The molecule has 3 atom stereocenters. The van der Waals surface area contributed by atoms with Crippen LogP contribution in [0.1, 0.15) is 57.6 Å². The molecule has 20 heavy (non-hydrogen) atoms. The van der Waals surface area contributed by atoms with Crippen molar-refractivity contribution >= 4 is 0 Å². The molecule has 0 saturated heterocycles. The van der Waals surface area contributed by atoms with Crippen LogP contribution in [0.2, 0.25) is 0 Å². The van der Waals surface area contributed by atoms with Crippen LogP contribution in [0.5, 0.6) is 0 Å². The van der Waals surface area contributed by atoms with Gasteiger partial charge in [0.1, 0.15) is 0 Å². The number of nitriles is 1. The first-order valence-corrected chi connectivity index (χ1v) is 7.90. The number of nitrogens with zero attached hydrogens (tertiary/aromatic N) is 1. The average molecular weight is 270 g/mol. The average Bonchev–Trinajstić information content (AvgIpc) is 2.48. The minimum atomic E-state index is 0.172. The topological polar surface area (TPSA) is 35.8 Å². The largest absolute Gasteiger partial charge is 0.306 e. The number of rotatable bonds is 5. The van der Waals surface area contributed by atoms with Gasteiger partial charge in [0.05, 0.1) is 12.5 Å². The van der Waals surface area contributed by atoms with Crippen molar-refractivity contribution in [2.24, 2.45) is 11.8 Å². The van der Waals surface area contributed by atoms with Gasteiger partial charge in [-0.3, -0.25) is 0 Å². The summed E-state index contributed by atoms with van der Waals surface area (Å²) in [6.07, 6.45) is 5.79. The minimum Gasteiger partial charge on any atom is -0.306 e. The van der Waals surface area contributed by atoms with Crippen molar-refractivity contribution < 1.29 is 0 Å². The highest BCUT2D eigenvalue weighted by Gasteiger charge is 2.29. The quantitative estimate of drug-likeness (QED) is 0.858. The van der Waals surface area contributed by atoms with Gasteiger partial charge in [-0.2, -0.15) is 5.26 Å². The summed E-state index contributed by atoms with van der Waals surface area (Å²) in [5.41, 5.74) is 1.24. The molecular formula is C18H26N2. The molecule has 0 amide bonds. The van der Waals surface area contributed by atoms with E-state index in [9.17, 15) is 0 Å². The highest BCUT2D eigenvalue weighted by molar-refractivity contribution is 5.20. The molecule has 2 nitrogen and oxygen atoms in total. The van der Waals surface area contributed by atoms with Gasteiger partial charge in [0.2, 0.25) is 0 Å². The Hall–Kier alpha value is -1.33. The van der Waals surface area contributed by atoms with Crippen molar-refractivity contribution in [3.8, 4) is 6.07 Å². The molecule has 0 radical (unpaired) electrons. The monoisotopic (exact) mass is 270 g/mol. The van der Waals surface area contributed by atoms with E-state index in [2.05, 4.69) is 49.5 Å². The molecule has 1 aliphatic carbocycles. The molecule has 0 aromatic heterocycles. The van der Waals surface area contributed by atoms with Gasteiger partial charge in [0.15, 0.2) is 0 Å². The highest BCUT2D eigenvalue weighted by Crippen LogP contribution is 2.32. The fourth-order valence-corrected chi connectivity index (χ4v) is 3.47. The normalized spacial score (nSPS) is 24.3. The summed E-state index contributed by atoms with van der Waals surface area (Å²) < 4.78 is 0. The lowest BCUT2D eigenvalue weighted by atomic mass is 9.77. The summed E-state index contributed by atoms with van der Waals surface area (Å²) in [5, 5.41) is 12.9. The zero-order chi connectivity index (χ0) is 14.4. The second-order valence-corrected chi connectivity index (χ2v) is 6.29. The van der Waals surface area contributed by atoms with E-state index in [1.165, 1.54) is 31.2 Å². The Bertz CT molecular complexity index is 432. The van der Waals surface area contributed by atoms with E-state index in [-0.39, 0.29) is 6.04 Å². The lowest BCUT2D eigenvalue weighted by Gasteiger charge is -2.37. The Morgan fingerprint density at radius 1 is 1.20 bits per heavy atom. The fourth-order valence-electron chi connectivity index (χ4n) is 3.47. The predicted octanol–water partition coefficient (Wildman–Crippen LogP) is 4.45. The number of nitrogens with one attached hydrogen (secondary N) is 1. The van der Waals surface area contributed by atoms with E-state index in [1.807, 2.05) is 6.07 Å². The second-order valence-electron chi connectivity index (χ2n) is 6.29. The van der Waals surface area contributed by atoms with Crippen LogP contribution in [0, 0.1) is 23.2 Å². The third-order valence-electron chi connectivity index (χ3n) is 4.59. The summed E-state index contributed by atoms with van der Waals surface area (Å²) in [6, 6.07) is 13.5. The van der Waals surface area contributed by atoms with Crippen molar-refractivity contribution in [3.05, 3.63) is 35.9 Å². The molecule has 1 aromatic carbocycles. The Morgan fingerprint density at radius 3 is 2.55 bits per heavy atom. The summed E-state index contributed by atoms with van der Waals surface area (Å²) in [7, 11) is 0. The first-order valence-electron chi connectivity index (χ1n) is 7.90. The van der Waals surface area contributed by atoms with Crippen LogP contribution in [-0.2, 0) is 0 Å². The van der Waals surface area contributed by atoms with E-state index < -0.39 is 0 Å². The summed E-state index contributed by atoms with van der Waals surface area (Å²) >= 11 is 0. The standard InChI is InChI=1S/C18H26N2/c1-14(2)16-10-6-7-11-18(16)20-17(12-13-19)15-8-4-3-5-9-15/h3-5,8-9,14,16-18,20H,6-7,10-12H2,1-2H3. The van der Waals surface area contributed by atoms with Crippen molar-refractivity contribution in [2.45, 2.75) is 58.0 Å². The lowest BCUT2D eigenvalue weighted by molar-refractivity contribution is 0.192. The maximum absolute atomic E-state index is 9.11. The Kier molecular flexibility index (Phi) is 5.61. The molecule has 2 heteroatoms. The van der Waals surface area contributed by atoms with Gasteiger partial charge in [-0.15, -0.1) is 0 Å². The first kappa shape index (κ1) is 15.1. The maximum atomic E-state index is 9.11. The molecule has 2 rings (SSSR count). The first-order chi connectivity index (χ1) is 9.72. The van der Waals surface area contributed by atoms with Crippen molar-refractivity contribution in [2.75, 3.05) is 0 Å². The van der Waals surface area contributed by atoms with Crippen LogP contribution < -0.4 is 5.32 Å². The Morgan fingerprint density at radius 2 is 1.90 bits per heavy atom. The predicted molar refractivity (Wildman–Crippen MR) is 83.1 cm³/mol.